The average Bonchev–Trinajstić information content (AvgIpc) is 3.18. The van der Waals surface area contributed by atoms with Crippen LogP contribution in [0.3, 0.4) is 0 Å². The van der Waals surface area contributed by atoms with E-state index < -0.39 is 30.4 Å². The van der Waals surface area contributed by atoms with Crippen molar-refractivity contribution in [2.75, 3.05) is 13.2 Å². The monoisotopic (exact) mass is 506 g/mol. The number of aryl methyl sites for hydroxylation is 1. The van der Waals surface area contributed by atoms with Crippen molar-refractivity contribution < 1.29 is 45.7 Å². The van der Waals surface area contributed by atoms with Crippen LogP contribution in [0.2, 0.25) is 0 Å². The van der Waals surface area contributed by atoms with Crippen LogP contribution in [0, 0.1) is 6.92 Å². The molecule has 6 nitrogen and oxygen atoms in total. The Kier molecular flexibility index (Phi) is 7.23. The van der Waals surface area contributed by atoms with Crippen molar-refractivity contribution in [3.63, 3.8) is 0 Å². The van der Waals surface area contributed by atoms with Crippen LogP contribution in [0.4, 0.5) is 17.6 Å². The number of benzene rings is 3. The standard InChI is InChI=1S/C26H22F4O6/c1-15-4-3-5-17(12-15)32-10-11-33-24(31)16(2)34-18-6-8-20-21-9-7-19(36-26(29,30)25(27)28)14-23(21)35-22(20)13-18/h3-9,12-14,16,25H,10-11H2,1-2H3. The molecule has 10 heteroatoms. The number of furan rings is 1. The molecule has 0 aliphatic heterocycles. The summed E-state index contributed by atoms with van der Waals surface area (Å²) in [5.74, 6) is -0.0704. The first kappa shape index (κ1) is 25.2. The summed E-state index contributed by atoms with van der Waals surface area (Å²) in [7, 11) is 0. The Morgan fingerprint density at radius 3 is 2.25 bits per heavy atom. The van der Waals surface area contributed by atoms with Gasteiger partial charge in [-0.05, 0) is 55.8 Å². The molecular weight excluding hydrogens is 484 g/mol. The number of alkyl halides is 4. The molecule has 1 unspecified atom stereocenters. The van der Waals surface area contributed by atoms with Crippen LogP contribution >= 0.6 is 0 Å². The number of hydrogen-bond acceptors (Lipinski definition) is 6. The summed E-state index contributed by atoms with van der Waals surface area (Å²) in [6.07, 6.45) is -9.53. The second-order valence-electron chi connectivity index (χ2n) is 7.98. The lowest BCUT2D eigenvalue weighted by Gasteiger charge is -2.16. The number of carbonyl (C=O) groups is 1. The number of fused-ring (bicyclic) bond motifs is 3. The minimum Gasteiger partial charge on any atom is -0.490 e. The molecule has 0 aliphatic rings. The van der Waals surface area contributed by atoms with Gasteiger partial charge >= 0.3 is 18.5 Å². The lowest BCUT2D eigenvalue weighted by Crippen LogP contribution is -2.33. The molecule has 1 heterocycles. The largest absolute Gasteiger partial charge is 0.490 e. The fraction of sp³-hybridized carbons (Fsp3) is 0.269. The number of ether oxygens (including phenoxy) is 4. The fourth-order valence-corrected chi connectivity index (χ4v) is 3.45. The molecule has 36 heavy (non-hydrogen) atoms. The van der Waals surface area contributed by atoms with Gasteiger partial charge in [0.15, 0.2) is 6.10 Å². The van der Waals surface area contributed by atoms with E-state index in [2.05, 4.69) is 4.74 Å². The van der Waals surface area contributed by atoms with E-state index in [4.69, 9.17) is 18.6 Å². The van der Waals surface area contributed by atoms with Gasteiger partial charge < -0.3 is 23.4 Å². The molecule has 0 N–H and O–H groups in total. The van der Waals surface area contributed by atoms with Crippen LogP contribution in [0.25, 0.3) is 21.9 Å². The van der Waals surface area contributed by atoms with Crippen LogP contribution in [0.1, 0.15) is 12.5 Å². The van der Waals surface area contributed by atoms with Crippen molar-refractivity contribution in [3.05, 3.63) is 66.2 Å². The van der Waals surface area contributed by atoms with Crippen LogP contribution in [-0.2, 0) is 9.53 Å². The van der Waals surface area contributed by atoms with Gasteiger partial charge in [-0.25, -0.2) is 4.79 Å². The first-order valence-corrected chi connectivity index (χ1v) is 11.0. The highest BCUT2D eigenvalue weighted by molar-refractivity contribution is 6.05. The zero-order valence-corrected chi connectivity index (χ0v) is 19.3. The van der Waals surface area contributed by atoms with Gasteiger partial charge in [-0.1, -0.05) is 12.1 Å². The van der Waals surface area contributed by atoms with Gasteiger partial charge in [-0.2, -0.15) is 17.6 Å². The van der Waals surface area contributed by atoms with Crippen molar-refractivity contribution in [2.45, 2.75) is 32.5 Å². The predicted octanol–water partition coefficient (Wildman–Crippen LogP) is 6.52. The fourth-order valence-electron chi connectivity index (χ4n) is 3.45. The lowest BCUT2D eigenvalue weighted by atomic mass is 10.1. The molecule has 0 radical (unpaired) electrons. The lowest BCUT2D eigenvalue weighted by molar-refractivity contribution is -0.253. The zero-order chi connectivity index (χ0) is 25.9. The van der Waals surface area contributed by atoms with E-state index in [0.717, 1.165) is 17.7 Å². The number of hydrogen-bond donors (Lipinski definition) is 0. The van der Waals surface area contributed by atoms with Crippen LogP contribution in [0.15, 0.2) is 65.1 Å². The molecule has 1 aromatic heterocycles. The Bertz CT molecular complexity index is 1370. The maximum absolute atomic E-state index is 13.2. The molecule has 0 amide bonds. The van der Waals surface area contributed by atoms with Crippen molar-refractivity contribution in [1.29, 1.82) is 0 Å². The van der Waals surface area contributed by atoms with E-state index in [1.807, 2.05) is 25.1 Å². The number of carbonyl (C=O) groups excluding carboxylic acids is 1. The summed E-state index contributed by atoms with van der Waals surface area (Å²) in [4.78, 5) is 12.3. The Hall–Kier alpha value is -3.95. The minimum atomic E-state index is -4.63. The Morgan fingerprint density at radius 2 is 1.58 bits per heavy atom. The van der Waals surface area contributed by atoms with Gasteiger partial charge in [0, 0.05) is 22.9 Å². The highest BCUT2D eigenvalue weighted by Gasteiger charge is 2.44. The normalized spacial score (nSPS) is 12.6. The molecule has 4 rings (SSSR count). The molecule has 0 bridgehead atoms. The minimum absolute atomic E-state index is 0.0398. The van der Waals surface area contributed by atoms with Gasteiger partial charge in [0.2, 0.25) is 0 Å². The third-order valence-corrected chi connectivity index (χ3v) is 5.15. The Morgan fingerprint density at radius 1 is 0.917 bits per heavy atom. The van der Waals surface area contributed by atoms with Crippen LogP contribution in [-0.4, -0.2) is 37.8 Å². The van der Waals surface area contributed by atoms with Crippen LogP contribution in [0.5, 0.6) is 17.2 Å². The highest BCUT2D eigenvalue weighted by atomic mass is 19.3. The van der Waals surface area contributed by atoms with Crippen molar-refractivity contribution in [3.8, 4) is 17.2 Å². The van der Waals surface area contributed by atoms with Crippen molar-refractivity contribution in [1.82, 2.24) is 0 Å². The number of esters is 1. The predicted molar refractivity (Wildman–Crippen MR) is 123 cm³/mol. The quantitative estimate of drug-likeness (QED) is 0.139. The van der Waals surface area contributed by atoms with Gasteiger partial charge in [-0.15, -0.1) is 0 Å². The topological polar surface area (TPSA) is 67.1 Å². The molecule has 0 saturated heterocycles. The second kappa shape index (κ2) is 10.3. The summed E-state index contributed by atoms with van der Waals surface area (Å²) in [5.41, 5.74) is 1.55. The van der Waals surface area contributed by atoms with E-state index in [0.29, 0.717) is 27.9 Å². The summed E-state index contributed by atoms with van der Waals surface area (Å²) in [6, 6.07) is 16.0. The number of rotatable bonds is 10. The van der Waals surface area contributed by atoms with E-state index in [9.17, 15) is 22.4 Å². The summed E-state index contributed by atoms with van der Waals surface area (Å²) in [6.45, 7) is 3.69. The molecule has 1 atom stereocenters. The van der Waals surface area contributed by atoms with Gasteiger partial charge in [0.25, 0.3) is 0 Å². The van der Waals surface area contributed by atoms with Crippen molar-refractivity contribution >= 4 is 27.9 Å². The van der Waals surface area contributed by atoms with Gasteiger partial charge in [-0.3, -0.25) is 0 Å². The maximum Gasteiger partial charge on any atom is 0.461 e. The first-order chi connectivity index (χ1) is 17.1. The molecule has 3 aromatic carbocycles. The van der Waals surface area contributed by atoms with E-state index in [1.165, 1.54) is 19.1 Å². The van der Waals surface area contributed by atoms with E-state index in [1.54, 1.807) is 18.2 Å². The summed E-state index contributed by atoms with van der Waals surface area (Å²) in [5, 5.41) is 1.19. The van der Waals surface area contributed by atoms with Crippen LogP contribution < -0.4 is 14.2 Å². The SMILES string of the molecule is Cc1cccc(OCCOC(=O)C(C)Oc2ccc3c(c2)oc2cc(OC(F)(F)C(F)F)ccc23)c1. The molecule has 0 saturated carbocycles. The molecule has 4 aromatic rings. The van der Waals surface area contributed by atoms with Gasteiger partial charge in [0.05, 0.1) is 0 Å². The average molecular weight is 506 g/mol. The molecular formula is C26H22F4O6. The summed E-state index contributed by atoms with van der Waals surface area (Å²) >= 11 is 0. The first-order valence-electron chi connectivity index (χ1n) is 11.0. The third-order valence-electron chi connectivity index (χ3n) is 5.15. The molecule has 190 valence electrons. The molecule has 0 fully saturated rings. The number of halogens is 4. The van der Waals surface area contributed by atoms with E-state index in [-0.39, 0.29) is 18.8 Å². The smallest absolute Gasteiger partial charge is 0.461 e. The second-order valence-corrected chi connectivity index (χ2v) is 7.98. The Balaban J connectivity index is 1.37. The zero-order valence-electron chi connectivity index (χ0n) is 19.3. The van der Waals surface area contributed by atoms with Gasteiger partial charge in [0.1, 0.15) is 41.6 Å². The molecule has 0 spiro atoms. The summed E-state index contributed by atoms with van der Waals surface area (Å²) < 4.78 is 77.4. The van der Waals surface area contributed by atoms with E-state index >= 15 is 0 Å². The Labute approximate surface area is 203 Å². The molecule has 0 aliphatic carbocycles. The maximum atomic E-state index is 13.2. The van der Waals surface area contributed by atoms with Crippen molar-refractivity contribution in [2.24, 2.45) is 0 Å². The third kappa shape index (κ3) is 5.81. The highest BCUT2D eigenvalue weighted by Crippen LogP contribution is 2.35.